The highest BCUT2D eigenvalue weighted by atomic mass is 15.3. The van der Waals surface area contributed by atoms with E-state index in [9.17, 15) is 0 Å². The molecule has 4 rings (SSSR count). The second kappa shape index (κ2) is 7.21. The van der Waals surface area contributed by atoms with Crippen LogP contribution in [0.4, 0.5) is 5.82 Å². The van der Waals surface area contributed by atoms with Gasteiger partial charge in [-0.2, -0.15) is 9.61 Å². The summed E-state index contributed by atoms with van der Waals surface area (Å²) in [6.45, 7) is 8.65. The zero-order valence-corrected chi connectivity index (χ0v) is 17.7. The van der Waals surface area contributed by atoms with E-state index in [0.717, 1.165) is 48.7 Å². The number of benzene rings is 1. The summed E-state index contributed by atoms with van der Waals surface area (Å²) in [5.41, 5.74) is 7.04. The molecule has 0 aliphatic heterocycles. The molecule has 2 heterocycles. The highest BCUT2D eigenvalue weighted by molar-refractivity contribution is 5.67. The van der Waals surface area contributed by atoms with Gasteiger partial charge in [0.25, 0.3) is 0 Å². The third-order valence-electron chi connectivity index (χ3n) is 5.45. The van der Waals surface area contributed by atoms with E-state index in [0.29, 0.717) is 0 Å². The van der Waals surface area contributed by atoms with E-state index in [1.54, 1.807) is 0 Å². The first-order chi connectivity index (χ1) is 13.3. The number of nitrogens with one attached hydrogen (secondary N) is 1. The van der Waals surface area contributed by atoms with Gasteiger partial charge in [0.05, 0.1) is 5.69 Å². The predicted octanol–water partition coefficient (Wildman–Crippen LogP) is 4.19. The highest BCUT2D eigenvalue weighted by Gasteiger charge is 2.24. The number of anilines is 1. The second-order valence-corrected chi connectivity index (χ2v) is 9.16. The van der Waals surface area contributed by atoms with Gasteiger partial charge in [0, 0.05) is 36.0 Å². The van der Waals surface area contributed by atoms with Crippen LogP contribution in [-0.2, 0) is 12.8 Å². The summed E-state index contributed by atoms with van der Waals surface area (Å²) in [5, 5.41) is 8.67. The van der Waals surface area contributed by atoms with Crippen molar-refractivity contribution in [2.45, 2.75) is 40.0 Å². The molecule has 1 aromatic carbocycles. The fraction of sp³-hybridized carbons (Fsp3) is 0.478. The molecule has 3 aromatic rings. The van der Waals surface area contributed by atoms with E-state index in [-0.39, 0.29) is 5.41 Å². The number of aryl methyl sites for hydroxylation is 2. The van der Waals surface area contributed by atoms with Crippen molar-refractivity contribution in [3.63, 3.8) is 0 Å². The van der Waals surface area contributed by atoms with Crippen LogP contribution in [0.25, 0.3) is 16.9 Å². The standard InChI is InChI=1S/C23H31N5/c1-16-9-11-17(12-10-16)20-13-21-25-19-8-6-7-18(19)22(28(21)26-20)24-14-23(2,3)15-27(4)5/h9-13,24H,6-8,14-15H2,1-5H3. The molecule has 1 aliphatic rings. The van der Waals surface area contributed by atoms with Gasteiger partial charge in [0.1, 0.15) is 5.82 Å². The molecule has 1 N–H and O–H groups in total. The van der Waals surface area contributed by atoms with Gasteiger partial charge in [-0.15, -0.1) is 0 Å². The van der Waals surface area contributed by atoms with E-state index in [2.05, 4.69) is 75.4 Å². The molecular weight excluding hydrogens is 346 g/mol. The molecule has 0 atom stereocenters. The van der Waals surface area contributed by atoms with Crippen LogP contribution >= 0.6 is 0 Å². The van der Waals surface area contributed by atoms with E-state index >= 15 is 0 Å². The van der Waals surface area contributed by atoms with E-state index in [1.165, 1.54) is 23.2 Å². The molecule has 0 radical (unpaired) electrons. The number of fused-ring (bicyclic) bond motifs is 2. The molecule has 148 valence electrons. The molecule has 28 heavy (non-hydrogen) atoms. The van der Waals surface area contributed by atoms with Crippen molar-refractivity contribution in [3.05, 3.63) is 47.2 Å². The Morgan fingerprint density at radius 2 is 1.89 bits per heavy atom. The van der Waals surface area contributed by atoms with Crippen LogP contribution in [0, 0.1) is 12.3 Å². The molecule has 0 unspecified atom stereocenters. The maximum absolute atomic E-state index is 4.93. The van der Waals surface area contributed by atoms with Gasteiger partial charge in [-0.3, -0.25) is 0 Å². The van der Waals surface area contributed by atoms with Crippen LogP contribution in [0.2, 0.25) is 0 Å². The number of hydrogen-bond acceptors (Lipinski definition) is 4. The molecule has 0 saturated heterocycles. The normalized spacial score (nSPS) is 14.1. The van der Waals surface area contributed by atoms with Gasteiger partial charge in [0.2, 0.25) is 0 Å². The first-order valence-electron chi connectivity index (χ1n) is 10.2. The van der Waals surface area contributed by atoms with Gasteiger partial charge in [-0.25, -0.2) is 4.98 Å². The molecule has 0 fully saturated rings. The van der Waals surface area contributed by atoms with Crippen LogP contribution in [-0.4, -0.2) is 46.7 Å². The predicted molar refractivity (Wildman–Crippen MR) is 116 cm³/mol. The topological polar surface area (TPSA) is 45.5 Å². The first-order valence-corrected chi connectivity index (χ1v) is 10.2. The summed E-state index contributed by atoms with van der Waals surface area (Å²) in [7, 11) is 4.26. The van der Waals surface area contributed by atoms with Gasteiger partial charge in [-0.1, -0.05) is 43.7 Å². The molecule has 1 aliphatic carbocycles. The maximum atomic E-state index is 4.93. The Balaban J connectivity index is 1.72. The van der Waals surface area contributed by atoms with E-state index in [1.807, 2.05) is 4.52 Å². The first kappa shape index (κ1) is 18.9. The number of hydrogen-bond donors (Lipinski definition) is 1. The Morgan fingerprint density at radius 3 is 2.61 bits per heavy atom. The van der Waals surface area contributed by atoms with Crippen molar-refractivity contribution < 1.29 is 0 Å². The quantitative estimate of drug-likeness (QED) is 0.699. The molecule has 0 amide bonds. The number of nitrogens with zero attached hydrogens (tertiary/aromatic N) is 4. The van der Waals surface area contributed by atoms with Crippen LogP contribution in [0.3, 0.4) is 0 Å². The van der Waals surface area contributed by atoms with Gasteiger partial charge in [-0.05, 0) is 45.7 Å². The van der Waals surface area contributed by atoms with Crippen molar-refractivity contribution in [1.29, 1.82) is 0 Å². The van der Waals surface area contributed by atoms with Crippen molar-refractivity contribution in [2.75, 3.05) is 32.5 Å². The summed E-state index contributed by atoms with van der Waals surface area (Å²) < 4.78 is 2.02. The van der Waals surface area contributed by atoms with Crippen molar-refractivity contribution in [2.24, 2.45) is 5.41 Å². The number of aromatic nitrogens is 3. The Bertz CT molecular complexity index is 982. The zero-order valence-electron chi connectivity index (χ0n) is 17.7. The lowest BCUT2D eigenvalue weighted by Crippen LogP contribution is -2.35. The molecule has 0 saturated carbocycles. The average Bonchev–Trinajstić information content (AvgIpc) is 3.24. The minimum absolute atomic E-state index is 0.164. The van der Waals surface area contributed by atoms with Crippen molar-refractivity contribution in [3.8, 4) is 11.3 Å². The van der Waals surface area contributed by atoms with Crippen LogP contribution in [0.15, 0.2) is 30.3 Å². The lowest BCUT2D eigenvalue weighted by molar-refractivity contribution is 0.254. The largest absolute Gasteiger partial charge is 0.369 e. The van der Waals surface area contributed by atoms with E-state index < -0.39 is 0 Å². The lowest BCUT2D eigenvalue weighted by atomic mass is 9.93. The minimum Gasteiger partial charge on any atom is -0.369 e. The number of rotatable bonds is 6. The Labute approximate surface area is 167 Å². The molecule has 5 nitrogen and oxygen atoms in total. The minimum atomic E-state index is 0.164. The summed E-state index contributed by atoms with van der Waals surface area (Å²) in [6.07, 6.45) is 3.32. The average molecular weight is 378 g/mol. The molecule has 2 aromatic heterocycles. The summed E-state index contributed by atoms with van der Waals surface area (Å²) in [5.74, 6) is 1.13. The smallest absolute Gasteiger partial charge is 0.158 e. The zero-order chi connectivity index (χ0) is 19.9. The molecule has 0 bridgehead atoms. The van der Waals surface area contributed by atoms with Crippen molar-refractivity contribution in [1.82, 2.24) is 19.5 Å². The van der Waals surface area contributed by atoms with Gasteiger partial charge in [0.15, 0.2) is 5.65 Å². The third kappa shape index (κ3) is 3.76. The molecular formula is C23H31N5. The monoisotopic (exact) mass is 377 g/mol. The Hall–Kier alpha value is -2.40. The highest BCUT2D eigenvalue weighted by Crippen LogP contribution is 2.31. The van der Waals surface area contributed by atoms with Gasteiger partial charge < -0.3 is 10.2 Å². The Morgan fingerprint density at radius 1 is 1.14 bits per heavy atom. The van der Waals surface area contributed by atoms with Gasteiger partial charge >= 0.3 is 0 Å². The lowest BCUT2D eigenvalue weighted by Gasteiger charge is -2.29. The Kier molecular flexibility index (Phi) is 4.88. The molecule has 0 spiro atoms. The second-order valence-electron chi connectivity index (χ2n) is 9.16. The summed E-state index contributed by atoms with van der Waals surface area (Å²) in [6, 6.07) is 10.7. The SMILES string of the molecule is Cc1ccc(-c2cc3nc4c(c(NCC(C)(C)CN(C)C)n3n2)CCC4)cc1. The third-order valence-corrected chi connectivity index (χ3v) is 5.45. The van der Waals surface area contributed by atoms with Crippen LogP contribution in [0.1, 0.15) is 37.1 Å². The maximum Gasteiger partial charge on any atom is 0.158 e. The fourth-order valence-corrected chi connectivity index (χ4v) is 4.27. The van der Waals surface area contributed by atoms with Crippen molar-refractivity contribution >= 4 is 11.5 Å². The van der Waals surface area contributed by atoms with E-state index in [4.69, 9.17) is 10.1 Å². The fourth-order valence-electron chi connectivity index (χ4n) is 4.27. The summed E-state index contributed by atoms with van der Waals surface area (Å²) in [4.78, 5) is 7.17. The van der Waals surface area contributed by atoms with Crippen LogP contribution in [0.5, 0.6) is 0 Å². The summed E-state index contributed by atoms with van der Waals surface area (Å²) >= 11 is 0. The van der Waals surface area contributed by atoms with Crippen LogP contribution < -0.4 is 5.32 Å². The molecule has 5 heteroatoms.